The van der Waals surface area contributed by atoms with Crippen LogP contribution in [0.4, 0.5) is 4.39 Å². The zero-order valence-electron chi connectivity index (χ0n) is 17.1. The van der Waals surface area contributed by atoms with Crippen LogP contribution in [0.25, 0.3) is 5.76 Å². The monoisotopic (exact) mass is 413 g/mol. The van der Waals surface area contributed by atoms with Gasteiger partial charge >= 0.3 is 0 Å². The summed E-state index contributed by atoms with van der Waals surface area (Å²) in [6, 6.07) is 9.80. The molecule has 30 heavy (non-hydrogen) atoms. The van der Waals surface area contributed by atoms with Crippen molar-refractivity contribution in [3.63, 3.8) is 0 Å². The van der Waals surface area contributed by atoms with Crippen LogP contribution in [0.3, 0.4) is 0 Å². The number of hydrogen-bond acceptors (Lipinski definition) is 5. The first-order valence-corrected chi connectivity index (χ1v) is 9.56. The number of aryl methyl sites for hydroxylation is 1. The lowest BCUT2D eigenvalue weighted by Crippen LogP contribution is -2.31. The van der Waals surface area contributed by atoms with Crippen LogP contribution in [0.5, 0.6) is 5.75 Å². The number of aliphatic hydroxyl groups is 1. The Kier molecular flexibility index (Phi) is 6.52. The van der Waals surface area contributed by atoms with Gasteiger partial charge in [-0.05, 0) is 54.8 Å². The van der Waals surface area contributed by atoms with Gasteiger partial charge in [-0.25, -0.2) is 4.39 Å². The van der Waals surface area contributed by atoms with Crippen LogP contribution in [0.1, 0.15) is 29.2 Å². The number of methoxy groups -OCH3 is 2. The van der Waals surface area contributed by atoms with E-state index in [9.17, 15) is 19.1 Å². The van der Waals surface area contributed by atoms with Crippen molar-refractivity contribution in [2.75, 3.05) is 27.4 Å². The van der Waals surface area contributed by atoms with Gasteiger partial charge in [0.2, 0.25) is 0 Å². The van der Waals surface area contributed by atoms with Crippen LogP contribution in [0, 0.1) is 12.7 Å². The highest BCUT2D eigenvalue weighted by molar-refractivity contribution is 6.46. The van der Waals surface area contributed by atoms with Crippen molar-refractivity contribution < 1.29 is 28.6 Å². The summed E-state index contributed by atoms with van der Waals surface area (Å²) in [5, 5.41) is 11.1. The summed E-state index contributed by atoms with van der Waals surface area (Å²) in [6.07, 6.45) is 0.517. The average Bonchev–Trinajstić information content (AvgIpc) is 2.99. The van der Waals surface area contributed by atoms with Gasteiger partial charge in [0.15, 0.2) is 0 Å². The van der Waals surface area contributed by atoms with E-state index in [0.717, 1.165) is 0 Å². The van der Waals surface area contributed by atoms with Gasteiger partial charge in [0, 0.05) is 25.8 Å². The lowest BCUT2D eigenvalue weighted by molar-refractivity contribution is -0.140. The molecule has 1 N–H and O–H groups in total. The van der Waals surface area contributed by atoms with E-state index < -0.39 is 23.5 Å². The summed E-state index contributed by atoms with van der Waals surface area (Å²) in [7, 11) is 3.09. The Bertz CT molecular complexity index is 984. The molecule has 1 amide bonds. The van der Waals surface area contributed by atoms with E-state index in [0.29, 0.717) is 35.5 Å². The third-order valence-corrected chi connectivity index (χ3v) is 5.16. The van der Waals surface area contributed by atoms with Gasteiger partial charge in [0.05, 0.1) is 18.7 Å². The number of benzene rings is 2. The molecule has 0 unspecified atom stereocenters. The molecule has 0 aliphatic carbocycles. The summed E-state index contributed by atoms with van der Waals surface area (Å²) < 4.78 is 23.7. The van der Waals surface area contributed by atoms with Crippen LogP contribution in [-0.2, 0) is 14.3 Å². The van der Waals surface area contributed by atoms with Crippen LogP contribution in [0.2, 0.25) is 0 Å². The molecule has 2 aromatic carbocycles. The molecule has 1 fully saturated rings. The largest absolute Gasteiger partial charge is 0.507 e. The zero-order valence-corrected chi connectivity index (χ0v) is 17.1. The molecule has 1 aliphatic rings. The number of carbonyl (C=O) groups is 2. The molecule has 0 radical (unpaired) electrons. The normalized spacial score (nSPS) is 18.1. The lowest BCUT2D eigenvalue weighted by atomic mass is 9.94. The Morgan fingerprint density at radius 3 is 2.43 bits per heavy atom. The SMILES string of the molecule is COCCCN1C(=O)C(=O)C(=C(O)c2ccc(OC)cc2C)[C@@H]1c1ccc(F)cc1. The molecule has 1 saturated heterocycles. The second-order valence-electron chi connectivity index (χ2n) is 7.07. The van der Waals surface area contributed by atoms with E-state index in [1.807, 2.05) is 0 Å². The van der Waals surface area contributed by atoms with Crippen LogP contribution < -0.4 is 4.74 Å². The number of hydrogen-bond donors (Lipinski definition) is 1. The fourth-order valence-corrected chi connectivity index (χ4v) is 3.66. The number of halogens is 1. The Labute approximate surface area is 174 Å². The van der Waals surface area contributed by atoms with Crippen LogP contribution in [0.15, 0.2) is 48.0 Å². The maximum absolute atomic E-state index is 13.5. The van der Waals surface area contributed by atoms with E-state index >= 15 is 0 Å². The minimum Gasteiger partial charge on any atom is -0.507 e. The van der Waals surface area contributed by atoms with Gasteiger partial charge < -0.3 is 19.5 Å². The lowest BCUT2D eigenvalue weighted by Gasteiger charge is -2.25. The molecule has 7 heteroatoms. The second-order valence-corrected chi connectivity index (χ2v) is 7.07. The van der Waals surface area contributed by atoms with Crippen molar-refractivity contribution >= 4 is 17.4 Å². The van der Waals surface area contributed by atoms with Gasteiger partial charge in [-0.15, -0.1) is 0 Å². The minimum absolute atomic E-state index is 0.0164. The molecule has 158 valence electrons. The van der Waals surface area contributed by atoms with Crippen molar-refractivity contribution in [3.05, 3.63) is 70.5 Å². The molecule has 6 nitrogen and oxygen atoms in total. The summed E-state index contributed by atoms with van der Waals surface area (Å²) >= 11 is 0. The Morgan fingerprint density at radius 1 is 1.13 bits per heavy atom. The van der Waals surface area contributed by atoms with Gasteiger partial charge in [0.1, 0.15) is 17.3 Å². The first-order valence-electron chi connectivity index (χ1n) is 9.56. The van der Waals surface area contributed by atoms with Gasteiger partial charge in [-0.3, -0.25) is 9.59 Å². The fourth-order valence-electron chi connectivity index (χ4n) is 3.66. The van der Waals surface area contributed by atoms with Gasteiger partial charge in [-0.1, -0.05) is 12.1 Å². The molecule has 0 aromatic heterocycles. The molecule has 1 atom stereocenters. The van der Waals surface area contributed by atoms with Crippen molar-refractivity contribution in [1.82, 2.24) is 4.90 Å². The third kappa shape index (κ3) is 4.07. The van der Waals surface area contributed by atoms with Gasteiger partial charge in [-0.2, -0.15) is 0 Å². The number of rotatable bonds is 7. The Hall–Kier alpha value is -3.19. The molecule has 1 aliphatic heterocycles. The van der Waals surface area contributed by atoms with E-state index in [1.165, 1.54) is 36.3 Å². The molecular weight excluding hydrogens is 389 g/mol. The Morgan fingerprint density at radius 2 is 1.83 bits per heavy atom. The average molecular weight is 413 g/mol. The first-order chi connectivity index (χ1) is 14.4. The van der Waals surface area contributed by atoms with E-state index in [-0.39, 0.29) is 17.9 Å². The van der Waals surface area contributed by atoms with Gasteiger partial charge in [0.25, 0.3) is 11.7 Å². The second kappa shape index (κ2) is 9.09. The first kappa shape index (κ1) is 21.5. The number of Topliss-reactive ketones (excluding diaryl/α,β-unsaturated/α-hetero) is 1. The molecule has 3 rings (SSSR count). The van der Waals surface area contributed by atoms with Crippen LogP contribution in [-0.4, -0.2) is 49.1 Å². The summed E-state index contributed by atoms with van der Waals surface area (Å²) in [5.74, 6) is -1.56. The molecular formula is C23H24FNO5. The number of nitrogens with zero attached hydrogens (tertiary/aromatic N) is 1. The van der Waals surface area contributed by atoms with E-state index in [1.54, 1.807) is 32.2 Å². The molecule has 0 saturated carbocycles. The third-order valence-electron chi connectivity index (χ3n) is 5.16. The summed E-state index contributed by atoms with van der Waals surface area (Å²) in [4.78, 5) is 27.1. The quantitative estimate of drug-likeness (QED) is 0.325. The summed E-state index contributed by atoms with van der Waals surface area (Å²) in [6.45, 7) is 2.45. The number of ether oxygens (including phenoxy) is 2. The number of likely N-dealkylation sites (tertiary alicyclic amines) is 1. The summed E-state index contributed by atoms with van der Waals surface area (Å²) in [5.41, 5.74) is 1.64. The predicted molar refractivity (Wildman–Crippen MR) is 110 cm³/mol. The Balaban J connectivity index is 2.13. The molecule has 1 heterocycles. The topological polar surface area (TPSA) is 76.1 Å². The van der Waals surface area contributed by atoms with E-state index in [4.69, 9.17) is 9.47 Å². The molecule has 2 aromatic rings. The van der Waals surface area contributed by atoms with Crippen molar-refractivity contribution in [1.29, 1.82) is 0 Å². The van der Waals surface area contributed by atoms with Crippen molar-refractivity contribution in [2.45, 2.75) is 19.4 Å². The van der Waals surface area contributed by atoms with Crippen LogP contribution >= 0.6 is 0 Å². The highest BCUT2D eigenvalue weighted by Crippen LogP contribution is 2.40. The standard InChI is InChI=1S/C23H24FNO5/c1-14-13-17(30-3)9-10-18(14)21(26)19-20(15-5-7-16(24)8-6-15)25(11-4-12-29-2)23(28)22(19)27/h5-10,13,20,26H,4,11-12H2,1-3H3/t20-/m0/s1. The van der Waals surface area contributed by atoms with Crippen molar-refractivity contribution in [2.24, 2.45) is 0 Å². The smallest absolute Gasteiger partial charge is 0.295 e. The van der Waals surface area contributed by atoms with Crippen molar-refractivity contribution in [3.8, 4) is 5.75 Å². The fraction of sp³-hybridized carbons (Fsp3) is 0.304. The number of carbonyl (C=O) groups excluding carboxylic acids is 2. The molecule has 0 bridgehead atoms. The zero-order chi connectivity index (χ0) is 21.8. The number of amides is 1. The maximum Gasteiger partial charge on any atom is 0.295 e. The maximum atomic E-state index is 13.5. The minimum atomic E-state index is -0.816. The predicted octanol–water partition coefficient (Wildman–Crippen LogP) is 3.60. The molecule has 0 spiro atoms. The highest BCUT2D eigenvalue weighted by Gasteiger charge is 2.45. The highest BCUT2D eigenvalue weighted by atomic mass is 19.1. The number of ketones is 1. The number of aliphatic hydroxyl groups excluding tert-OH is 1. The van der Waals surface area contributed by atoms with E-state index in [2.05, 4.69) is 0 Å².